The van der Waals surface area contributed by atoms with Gasteiger partial charge in [0, 0.05) is 24.7 Å². The third-order valence-electron chi connectivity index (χ3n) is 4.15. The Labute approximate surface area is 162 Å². The quantitative estimate of drug-likeness (QED) is 0.623. The molecule has 0 aliphatic carbocycles. The molecule has 3 rings (SSSR count). The highest BCUT2D eigenvalue weighted by atomic mass is 32.1. The van der Waals surface area contributed by atoms with Gasteiger partial charge in [0.05, 0.1) is 24.4 Å². The van der Waals surface area contributed by atoms with Gasteiger partial charge in [-0.15, -0.1) is 0 Å². The predicted molar refractivity (Wildman–Crippen MR) is 109 cm³/mol. The van der Waals surface area contributed by atoms with Crippen LogP contribution in [0.2, 0.25) is 0 Å². The SMILES string of the molecule is COc1cccc(C(=O)N(CCN(C)C)c2nc3cc(OC)ccc3s2)c1. The number of ether oxygens (including phenoxy) is 2. The van der Waals surface area contributed by atoms with Crippen LogP contribution in [0.15, 0.2) is 42.5 Å². The van der Waals surface area contributed by atoms with E-state index in [0.717, 1.165) is 22.5 Å². The highest BCUT2D eigenvalue weighted by Gasteiger charge is 2.22. The molecular formula is C20H23N3O3S. The van der Waals surface area contributed by atoms with Gasteiger partial charge in [0.15, 0.2) is 5.13 Å². The van der Waals surface area contributed by atoms with E-state index >= 15 is 0 Å². The Hall–Kier alpha value is -2.64. The fraction of sp³-hybridized carbons (Fsp3) is 0.300. The summed E-state index contributed by atoms with van der Waals surface area (Å²) >= 11 is 1.50. The first kappa shape index (κ1) is 19.1. The molecule has 1 heterocycles. The molecule has 7 heteroatoms. The van der Waals surface area contributed by atoms with Crippen LogP contribution in [0.1, 0.15) is 10.4 Å². The van der Waals surface area contributed by atoms with Crippen LogP contribution in [0.5, 0.6) is 11.5 Å². The largest absolute Gasteiger partial charge is 0.497 e. The molecule has 0 unspecified atom stereocenters. The molecule has 0 fully saturated rings. The van der Waals surface area contributed by atoms with Crippen LogP contribution in [0.4, 0.5) is 5.13 Å². The molecule has 0 atom stereocenters. The number of nitrogens with zero attached hydrogens (tertiary/aromatic N) is 3. The van der Waals surface area contributed by atoms with Crippen molar-refractivity contribution in [3.63, 3.8) is 0 Å². The Bertz CT molecular complexity index is 939. The topological polar surface area (TPSA) is 54.9 Å². The number of hydrogen-bond acceptors (Lipinski definition) is 6. The van der Waals surface area contributed by atoms with Gasteiger partial charge in [0.1, 0.15) is 11.5 Å². The maximum atomic E-state index is 13.2. The zero-order chi connectivity index (χ0) is 19.4. The molecule has 0 bridgehead atoms. The molecule has 0 radical (unpaired) electrons. The predicted octanol–water partition coefficient (Wildman–Crippen LogP) is 3.52. The van der Waals surface area contributed by atoms with E-state index in [1.807, 2.05) is 49.3 Å². The summed E-state index contributed by atoms with van der Waals surface area (Å²) in [6.07, 6.45) is 0. The maximum absolute atomic E-state index is 13.2. The van der Waals surface area contributed by atoms with E-state index < -0.39 is 0 Å². The first-order valence-corrected chi connectivity index (χ1v) is 9.38. The van der Waals surface area contributed by atoms with Crippen molar-refractivity contribution >= 4 is 32.6 Å². The number of carbonyl (C=O) groups excluding carboxylic acids is 1. The smallest absolute Gasteiger partial charge is 0.260 e. The van der Waals surface area contributed by atoms with Crippen molar-refractivity contribution in [1.82, 2.24) is 9.88 Å². The summed E-state index contributed by atoms with van der Waals surface area (Å²) in [5, 5.41) is 0.674. The monoisotopic (exact) mass is 385 g/mol. The van der Waals surface area contributed by atoms with Crippen LogP contribution >= 0.6 is 11.3 Å². The normalized spacial score (nSPS) is 11.0. The van der Waals surface area contributed by atoms with Crippen molar-refractivity contribution < 1.29 is 14.3 Å². The summed E-state index contributed by atoms with van der Waals surface area (Å²) in [7, 11) is 7.19. The lowest BCUT2D eigenvalue weighted by atomic mass is 10.2. The molecule has 0 N–H and O–H groups in total. The molecule has 0 aliphatic heterocycles. The summed E-state index contributed by atoms with van der Waals surface area (Å²) in [6.45, 7) is 1.27. The number of hydrogen-bond donors (Lipinski definition) is 0. The highest BCUT2D eigenvalue weighted by Crippen LogP contribution is 2.32. The van der Waals surface area contributed by atoms with E-state index in [9.17, 15) is 4.79 Å². The third kappa shape index (κ3) is 4.37. The fourth-order valence-corrected chi connectivity index (χ4v) is 3.60. The Morgan fingerprint density at radius 2 is 1.78 bits per heavy atom. The van der Waals surface area contributed by atoms with Crippen LogP contribution in [-0.4, -0.2) is 57.2 Å². The summed E-state index contributed by atoms with van der Waals surface area (Å²) < 4.78 is 11.5. The van der Waals surface area contributed by atoms with E-state index in [1.54, 1.807) is 31.3 Å². The molecule has 6 nitrogen and oxygen atoms in total. The van der Waals surface area contributed by atoms with Crippen molar-refractivity contribution in [3.05, 3.63) is 48.0 Å². The van der Waals surface area contributed by atoms with Gasteiger partial charge in [-0.25, -0.2) is 4.98 Å². The number of aromatic nitrogens is 1. The highest BCUT2D eigenvalue weighted by molar-refractivity contribution is 7.22. The molecular weight excluding hydrogens is 362 g/mol. The lowest BCUT2D eigenvalue weighted by Crippen LogP contribution is -2.36. The Morgan fingerprint density at radius 3 is 2.48 bits per heavy atom. The van der Waals surface area contributed by atoms with Gasteiger partial charge >= 0.3 is 0 Å². The molecule has 3 aromatic rings. The minimum absolute atomic E-state index is 0.0956. The van der Waals surface area contributed by atoms with E-state index in [0.29, 0.717) is 23.0 Å². The first-order valence-electron chi connectivity index (χ1n) is 8.57. The fourth-order valence-electron chi connectivity index (χ4n) is 2.63. The van der Waals surface area contributed by atoms with E-state index in [1.165, 1.54) is 11.3 Å². The van der Waals surface area contributed by atoms with Gasteiger partial charge in [0.2, 0.25) is 0 Å². The van der Waals surface area contributed by atoms with Gasteiger partial charge in [0.25, 0.3) is 5.91 Å². The number of likely N-dealkylation sites (N-methyl/N-ethyl adjacent to an activating group) is 1. The van der Waals surface area contributed by atoms with Crippen molar-refractivity contribution in [2.24, 2.45) is 0 Å². The minimum atomic E-state index is -0.0956. The average Bonchev–Trinajstić information content (AvgIpc) is 3.10. The van der Waals surface area contributed by atoms with Crippen LogP contribution < -0.4 is 14.4 Å². The number of thiazole rings is 1. The molecule has 27 heavy (non-hydrogen) atoms. The summed E-state index contributed by atoms with van der Waals surface area (Å²) in [5.41, 5.74) is 1.40. The minimum Gasteiger partial charge on any atom is -0.497 e. The van der Waals surface area contributed by atoms with Crippen molar-refractivity contribution in [1.29, 1.82) is 0 Å². The van der Waals surface area contributed by atoms with E-state index in [4.69, 9.17) is 9.47 Å². The Kier molecular flexibility index (Phi) is 5.93. The van der Waals surface area contributed by atoms with Crippen LogP contribution in [-0.2, 0) is 0 Å². The molecule has 0 aliphatic rings. The summed E-state index contributed by atoms with van der Waals surface area (Å²) in [4.78, 5) is 21.7. The molecule has 1 aromatic heterocycles. The van der Waals surface area contributed by atoms with Gasteiger partial charge < -0.3 is 14.4 Å². The zero-order valence-electron chi connectivity index (χ0n) is 15.9. The van der Waals surface area contributed by atoms with Crippen LogP contribution in [0.25, 0.3) is 10.2 Å². The molecule has 0 saturated heterocycles. The standard InChI is InChI=1S/C20H23N3O3S/c1-22(2)10-11-23(19(24)14-6-5-7-15(12-14)25-3)20-21-17-13-16(26-4)8-9-18(17)27-20/h5-9,12-13H,10-11H2,1-4H3. The number of methoxy groups -OCH3 is 2. The second-order valence-corrected chi connectivity index (χ2v) is 7.33. The van der Waals surface area contributed by atoms with Crippen LogP contribution in [0, 0.1) is 0 Å². The van der Waals surface area contributed by atoms with Crippen molar-refractivity contribution in [3.8, 4) is 11.5 Å². The van der Waals surface area contributed by atoms with Crippen LogP contribution in [0.3, 0.4) is 0 Å². The number of benzene rings is 2. The summed E-state index contributed by atoms with van der Waals surface area (Å²) in [6, 6.07) is 12.9. The maximum Gasteiger partial charge on any atom is 0.260 e. The first-order chi connectivity index (χ1) is 13.0. The third-order valence-corrected chi connectivity index (χ3v) is 5.21. The molecule has 142 valence electrons. The lowest BCUT2D eigenvalue weighted by molar-refractivity contribution is 0.0985. The molecule has 0 spiro atoms. The van der Waals surface area contributed by atoms with Gasteiger partial charge in [-0.1, -0.05) is 17.4 Å². The number of fused-ring (bicyclic) bond motifs is 1. The second kappa shape index (κ2) is 8.37. The number of rotatable bonds is 7. The van der Waals surface area contributed by atoms with Crippen molar-refractivity contribution in [2.75, 3.05) is 46.3 Å². The van der Waals surface area contributed by atoms with Crippen molar-refractivity contribution in [2.45, 2.75) is 0 Å². The molecule has 0 saturated carbocycles. The number of carbonyl (C=O) groups is 1. The lowest BCUT2D eigenvalue weighted by Gasteiger charge is -2.22. The average molecular weight is 385 g/mol. The molecule has 2 aromatic carbocycles. The second-order valence-electron chi connectivity index (χ2n) is 6.32. The Balaban J connectivity index is 1.98. The number of anilines is 1. The van der Waals surface area contributed by atoms with Gasteiger partial charge in [-0.3, -0.25) is 9.69 Å². The van der Waals surface area contributed by atoms with E-state index in [-0.39, 0.29) is 5.91 Å². The van der Waals surface area contributed by atoms with Gasteiger partial charge in [-0.05, 0) is 44.4 Å². The molecule has 1 amide bonds. The number of amides is 1. The van der Waals surface area contributed by atoms with E-state index in [2.05, 4.69) is 4.98 Å². The van der Waals surface area contributed by atoms with Gasteiger partial charge in [-0.2, -0.15) is 0 Å². The zero-order valence-corrected chi connectivity index (χ0v) is 16.7. The summed E-state index contributed by atoms with van der Waals surface area (Å²) in [5.74, 6) is 1.31. The Morgan fingerprint density at radius 1 is 1.04 bits per heavy atom.